The molecular formula is C9H12N2O3. The van der Waals surface area contributed by atoms with Crippen LogP contribution in [0.25, 0.3) is 0 Å². The largest absolute Gasteiger partial charge is 0.396 e. The number of nitrogens with zero attached hydrogens (tertiary/aromatic N) is 1. The summed E-state index contributed by atoms with van der Waals surface area (Å²) in [7, 11) is 0. The lowest BCUT2D eigenvalue weighted by molar-refractivity contribution is 0.297. The number of hydrogen-bond acceptors (Lipinski definition) is 3. The molecular weight excluding hydrogens is 184 g/mol. The molecule has 0 amide bonds. The van der Waals surface area contributed by atoms with Crippen LogP contribution in [0.15, 0.2) is 34.0 Å². The van der Waals surface area contributed by atoms with E-state index in [9.17, 15) is 9.59 Å². The summed E-state index contributed by atoms with van der Waals surface area (Å²) in [5.74, 6) is 0. The number of nitrogens with one attached hydrogen (secondary N) is 1. The molecule has 0 aromatic carbocycles. The lowest BCUT2D eigenvalue weighted by atomic mass is 10.2. The van der Waals surface area contributed by atoms with Gasteiger partial charge in [0.2, 0.25) is 0 Å². The van der Waals surface area contributed by atoms with Gasteiger partial charge in [-0.3, -0.25) is 14.3 Å². The fourth-order valence-corrected chi connectivity index (χ4v) is 1.05. The topological polar surface area (TPSA) is 75.1 Å². The van der Waals surface area contributed by atoms with Gasteiger partial charge >= 0.3 is 5.69 Å². The van der Waals surface area contributed by atoms with E-state index in [2.05, 4.69) is 11.6 Å². The molecule has 0 spiro atoms. The number of aromatic nitrogens is 2. The number of aliphatic hydroxyl groups is 1. The maximum Gasteiger partial charge on any atom is 0.328 e. The van der Waals surface area contributed by atoms with Crippen LogP contribution in [-0.2, 0) is 6.54 Å². The van der Waals surface area contributed by atoms with Crippen molar-refractivity contribution in [2.75, 3.05) is 6.61 Å². The lowest BCUT2D eigenvalue weighted by Crippen LogP contribution is -2.29. The molecule has 0 aliphatic carbocycles. The van der Waals surface area contributed by atoms with Crippen molar-refractivity contribution in [2.24, 2.45) is 0 Å². The summed E-state index contributed by atoms with van der Waals surface area (Å²) >= 11 is 0. The van der Waals surface area contributed by atoms with Gasteiger partial charge in [-0.1, -0.05) is 12.2 Å². The Bertz CT molecular complexity index is 430. The minimum absolute atomic E-state index is 0.0109. The summed E-state index contributed by atoms with van der Waals surface area (Å²) in [6, 6.07) is 1.27. The first-order valence-corrected chi connectivity index (χ1v) is 4.21. The molecule has 0 atom stereocenters. The van der Waals surface area contributed by atoms with E-state index >= 15 is 0 Å². The van der Waals surface area contributed by atoms with E-state index in [1.54, 1.807) is 0 Å². The first kappa shape index (κ1) is 10.5. The zero-order chi connectivity index (χ0) is 10.6. The van der Waals surface area contributed by atoms with Gasteiger partial charge in [0.25, 0.3) is 5.56 Å². The van der Waals surface area contributed by atoms with Crippen LogP contribution in [0, 0.1) is 0 Å². The number of hydrogen-bond donors (Lipinski definition) is 2. The SMILES string of the molecule is C=C(CCO)Cn1ccc(=O)[nH]c1=O. The molecule has 0 bridgehead atoms. The average Bonchev–Trinajstić information content (AvgIpc) is 2.10. The summed E-state index contributed by atoms with van der Waals surface area (Å²) in [6.45, 7) is 4.02. The Balaban J connectivity index is 2.82. The van der Waals surface area contributed by atoms with E-state index in [4.69, 9.17) is 5.11 Å². The number of aliphatic hydroxyl groups excluding tert-OH is 1. The normalized spacial score (nSPS) is 10.1. The highest BCUT2D eigenvalue weighted by Crippen LogP contribution is 1.98. The highest BCUT2D eigenvalue weighted by atomic mass is 16.3. The van der Waals surface area contributed by atoms with Gasteiger partial charge in [-0.15, -0.1) is 0 Å². The Labute approximate surface area is 80.3 Å². The van der Waals surface area contributed by atoms with Crippen LogP contribution in [0.4, 0.5) is 0 Å². The summed E-state index contributed by atoms with van der Waals surface area (Å²) in [5, 5.41) is 8.62. The minimum Gasteiger partial charge on any atom is -0.396 e. The second-order valence-electron chi connectivity index (χ2n) is 2.96. The molecule has 14 heavy (non-hydrogen) atoms. The third-order valence-corrected chi connectivity index (χ3v) is 1.76. The highest BCUT2D eigenvalue weighted by Gasteiger charge is 1.98. The van der Waals surface area contributed by atoms with Crippen molar-refractivity contribution in [3.8, 4) is 0 Å². The highest BCUT2D eigenvalue weighted by molar-refractivity contribution is 4.96. The van der Waals surface area contributed by atoms with Crippen LogP contribution in [0.1, 0.15) is 6.42 Å². The maximum absolute atomic E-state index is 11.2. The third kappa shape index (κ3) is 2.70. The summed E-state index contributed by atoms with van der Waals surface area (Å²) < 4.78 is 1.33. The van der Waals surface area contributed by atoms with Crippen LogP contribution in [0.3, 0.4) is 0 Å². The molecule has 0 aliphatic rings. The van der Waals surface area contributed by atoms with Crippen molar-refractivity contribution in [3.05, 3.63) is 45.3 Å². The fraction of sp³-hybridized carbons (Fsp3) is 0.333. The number of H-pyrrole nitrogens is 1. The van der Waals surface area contributed by atoms with Gasteiger partial charge in [-0.05, 0) is 6.42 Å². The third-order valence-electron chi connectivity index (χ3n) is 1.76. The van der Waals surface area contributed by atoms with Crippen LogP contribution in [0.2, 0.25) is 0 Å². The molecule has 0 fully saturated rings. The molecule has 0 aliphatic heterocycles. The molecule has 1 aromatic heterocycles. The maximum atomic E-state index is 11.2. The van der Waals surface area contributed by atoms with Crippen LogP contribution in [-0.4, -0.2) is 21.3 Å². The van der Waals surface area contributed by atoms with Crippen molar-refractivity contribution in [3.63, 3.8) is 0 Å². The molecule has 1 heterocycles. The van der Waals surface area contributed by atoms with Gasteiger partial charge in [-0.2, -0.15) is 0 Å². The monoisotopic (exact) mass is 196 g/mol. The van der Waals surface area contributed by atoms with Gasteiger partial charge in [0.1, 0.15) is 0 Å². The average molecular weight is 196 g/mol. The van der Waals surface area contributed by atoms with E-state index < -0.39 is 11.2 Å². The van der Waals surface area contributed by atoms with Gasteiger partial charge in [-0.25, -0.2) is 4.79 Å². The van der Waals surface area contributed by atoms with Crippen LogP contribution < -0.4 is 11.2 Å². The van der Waals surface area contributed by atoms with Gasteiger partial charge in [0, 0.05) is 25.4 Å². The van der Waals surface area contributed by atoms with Crippen LogP contribution >= 0.6 is 0 Å². The standard InChI is InChI=1S/C9H12N2O3/c1-7(3-5-12)6-11-4-2-8(13)10-9(11)14/h2,4,12H,1,3,5-6H2,(H,10,13,14). The Morgan fingerprint density at radius 3 is 2.86 bits per heavy atom. The molecule has 1 rings (SSSR count). The number of aromatic amines is 1. The smallest absolute Gasteiger partial charge is 0.328 e. The summed E-state index contributed by atoms with van der Waals surface area (Å²) in [4.78, 5) is 24.0. The molecule has 76 valence electrons. The van der Waals surface area contributed by atoms with E-state index in [0.29, 0.717) is 13.0 Å². The Morgan fingerprint density at radius 1 is 1.57 bits per heavy atom. The molecule has 0 radical (unpaired) electrons. The second kappa shape index (κ2) is 4.57. The summed E-state index contributed by atoms with van der Waals surface area (Å²) in [6.07, 6.45) is 1.86. The van der Waals surface area contributed by atoms with E-state index in [1.165, 1.54) is 16.8 Å². The zero-order valence-corrected chi connectivity index (χ0v) is 7.69. The first-order valence-electron chi connectivity index (χ1n) is 4.21. The van der Waals surface area contributed by atoms with E-state index in [0.717, 1.165) is 5.57 Å². The Kier molecular flexibility index (Phi) is 3.41. The van der Waals surface area contributed by atoms with E-state index in [-0.39, 0.29) is 6.61 Å². The van der Waals surface area contributed by atoms with Gasteiger partial charge < -0.3 is 5.11 Å². The van der Waals surface area contributed by atoms with Crippen molar-refractivity contribution >= 4 is 0 Å². The minimum atomic E-state index is -0.461. The Morgan fingerprint density at radius 2 is 2.29 bits per heavy atom. The van der Waals surface area contributed by atoms with Crippen molar-refractivity contribution < 1.29 is 5.11 Å². The Hall–Kier alpha value is -1.62. The van der Waals surface area contributed by atoms with Crippen molar-refractivity contribution in [1.29, 1.82) is 0 Å². The van der Waals surface area contributed by atoms with Crippen LogP contribution in [0.5, 0.6) is 0 Å². The zero-order valence-electron chi connectivity index (χ0n) is 7.69. The van der Waals surface area contributed by atoms with Gasteiger partial charge in [0.05, 0.1) is 0 Å². The fourth-order valence-electron chi connectivity index (χ4n) is 1.05. The number of rotatable bonds is 4. The second-order valence-corrected chi connectivity index (χ2v) is 2.96. The van der Waals surface area contributed by atoms with Gasteiger partial charge in [0.15, 0.2) is 0 Å². The van der Waals surface area contributed by atoms with Crippen molar-refractivity contribution in [2.45, 2.75) is 13.0 Å². The molecule has 2 N–H and O–H groups in total. The lowest BCUT2D eigenvalue weighted by Gasteiger charge is -2.05. The first-order chi connectivity index (χ1) is 6.63. The molecule has 0 unspecified atom stereocenters. The summed E-state index contributed by atoms with van der Waals surface area (Å²) in [5.41, 5.74) is -0.141. The quantitative estimate of drug-likeness (QED) is 0.636. The molecule has 0 saturated carbocycles. The molecule has 0 saturated heterocycles. The molecule has 5 nitrogen and oxygen atoms in total. The molecule has 5 heteroatoms. The van der Waals surface area contributed by atoms with Crippen molar-refractivity contribution in [1.82, 2.24) is 9.55 Å². The predicted octanol–water partition coefficient (Wildman–Crippen LogP) is -0.525. The molecule has 1 aromatic rings. The predicted molar refractivity (Wildman–Crippen MR) is 52.2 cm³/mol. The van der Waals surface area contributed by atoms with E-state index in [1.807, 2.05) is 0 Å².